The van der Waals surface area contributed by atoms with Crippen LogP contribution in [0.3, 0.4) is 0 Å². The molecule has 1 aliphatic heterocycles. The number of aromatic nitrogens is 4. The first-order valence-electron chi connectivity index (χ1n) is 10.7. The number of hydrogen-bond acceptors (Lipinski definition) is 7. The Kier molecular flexibility index (Phi) is 5.70. The molecule has 0 amide bonds. The van der Waals surface area contributed by atoms with Crippen molar-refractivity contribution in [2.24, 2.45) is 0 Å². The molecule has 4 aromatic rings. The van der Waals surface area contributed by atoms with Crippen molar-refractivity contribution in [1.82, 2.24) is 22.8 Å². The number of nitrogens with zero attached hydrogens (tertiary/aromatic N) is 5. The van der Waals surface area contributed by atoms with Gasteiger partial charge in [-0.1, -0.05) is 37.1 Å². The second-order valence-electron chi connectivity index (χ2n) is 7.88. The van der Waals surface area contributed by atoms with Gasteiger partial charge in [-0.3, -0.25) is 0 Å². The Balaban J connectivity index is 1.64. The topological polar surface area (TPSA) is 93.2 Å². The van der Waals surface area contributed by atoms with E-state index in [0.29, 0.717) is 22.4 Å². The van der Waals surface area contributed by atoms with Crippen molar-refractivity contribution in [3.8, 4) is 0 Å². The monoisotopic (exact) mass is 471 g/mol. The zero-order valence-electron chi connectivity index (χ0n) is 17.8. The maximum Gasteiger partial charge on any atom is 0.269 e. The first-order valence-corrected chi connectivity index (χ1v) is 13.1. The second kappa shape index (κ2) is 8.51. The predicted octanol–water partition coefficient (Wildman–Crippen LogP) is 3.42. The molecule has 1 fully saturated rings. The van der Waals surface area contributed by atoms with E-state index in [2.05, 4.69) is 25.8 Å². The molecule has 3 aromatic heterocycles. The number of pyridine rings is 1. The SMILES string of the molecule is CCCSN1CCC(n2c(CO)nc3cnc4c(ccn4S(=O)(=O)c4ccccc4)c32)C1. The van der Waals surface area contributed by atoms with E-state index >= 15 is 0 Å². The van der Waals surface area contributed by atoms with Gasteiger partial charge in [0.1, 0.15) is 17.9 Å². The Morgan fingerprint density at radius 2 is 2.03 bits per heavy atom. The lowest BCUT2D eigenvalue weighted by Crippen LogP contribution is -2.17. The molecule has 0 bridgehead atoms. The molecule has 1 aromatic carbocycles. The van der Waals surface area contributed by atoms with Gasteiger partial charge in [0.2, 0.25) is 0 Å². The van der Waals surface area contributed by atoms with Crippen LogP contribution in [-0.2, 0) is 16.6 Å². The van der Waals surface area contributed by atoms with Gasteiger partial charge in [-0.05, 0) is 31.0 Å². The Morgan fingerprint density at radius 1 is 1.22 bits per heavy atom. The van der Waals surface area contributed by atoms with Gasteiger partial charge < -0.3 is 9.67 Å². The quantitative estimate of drug-likeness (QED) is 0.413. The largest absolute Gasteiger partial charge is 0.388 e. The number of aliphatic hydroxyl groups excluding tert-OH is 1. The van der Waals surface area contributed by atoms with Gasteiger partial charge in [-0.15, -0.1) is 0 Å². The maximum absolute atomic E-state index is 13.2. The highest BCUT2D eigenvalue weighted by Gasteiger charge is 2.29. The minimum Gasteiger partial charge on any atom is -0.388 e. The van der Waals surface area contributed by atoms with Crippen LogP contribution in [0.5, 0.6) is 0 Å². The summed E-state index contributed by atoms with van der Waals surface area (Å²) >= 11 is 1.85. The van der Waals surface area contributed by atoms with Crippen molar-refractivity contribution in [3.63, 3.8) is 0 Å². The van der Waals surface area contributed by atoms with Crippen LogP contribution in [0.2, 0.25) is 0 Å². The van der Waals surface area contributed by atoms with E-state index in [1.54, 1.807) is 48.8 Å². The first kappa shape index (κ1) is 21.4. The van der Waals surface area contributed by atoms with Crippen molar-refractivity contribution >= 4 is 44.0 Å². The number of aliphatic hydroxyl groups is 1. The fourth-order valence-electron chi connectivity index (χ4n) is 4.36. The highest BCUT2D eigenvalue weighted by molar-refractivity contribution is 7.97. The number of fused-ring (bicyclic) bond motifs is 3. The lowest BCUT2D eigenvalue weighted by atomic mass is 10.2. The van der Waals surface area contributed by atoms with Gasteiger partial charge in [0, 0.05) is 30.4 Å². The molecule has 1 unspecified atom stereocenters. The molecule has 0 spiro atoms. The summed E-state index contributed by atoms with van der Waals surface area (Å²) < 4.78 is 32.2. The van der Waals surface area contributed by atoms with Crippen molar-refractivity contribution in [1.29, 1.82) is 0 Å². The predicted molar refractivity (Wildman–Crippen MR) is 126 cm³/mol. The van der Waals surface area contributed by atoms with Crippen molar-refractivity contribution in [2.75, 3.05) is 18.8 Å². The van der Waals surface area contributed by atoms with E-state index in [0.717, 1.165) is 37.2 Å². The Bertz CT molecular complexity index is 1360. The van der Waals surface area contributed by atoms with Crippen LogP contribution in [0.4, 0.5) is 0 Å². The third-order valence-electron chi connectivity index (χ3n) is 5.81. The van der Waals surface area contributed by atoms with Crippen LogP contribution in [0.15, 0.2) is 53.7 Å². The normalized spacial score (nSPS) is 17.6. The van der Waals surface area contributed by atoms with Crippen molar-refractivity contribution < 1.29 is 13.5 Å². The summed E-state index contributed by atoms with van der Waals surface area (Å²) in [7, 11) is -3.78. The number of imidazole rings is 1. The molecule has 4 heterocycles. The van der Waals surface area contributed by atoms with Crippen LogP contribution in [0, 0.1) is 0 Å². The van der Waals surface area contributed by atoms with E-state index in [9.17, 15) is 13.5 Å². The standard InChI is InChI=1S/C22H25N5O3S2/c1-2-12-31-25-10-8-16(14-25)27-20(15-28)24-19-13-23-22-18(21(19)27)9-11-26(22)32(29,30)17-6-4-3-5-7-17/h3-7,9,11,13,16,28H,2,8,10,12,14-15H2,1H3. The summed E-state index contributed by atoms with van der Waals surface area (Å²) in [5, 5.41) is 10.7. The smallest absolute Gasteiger partial charge is 0.269 e. The van der Waals surface area contributed by atoms with Crippen LogP contribution >= 0.6 is 11.9 Å². The summed E-state index contributed by atoms with van der Waals surface area (Å²) in [6.07, 6.45) is 5.22. The van der Waals surface area contributed by atoms with E-state index in [1.165, 1.54) is 3.97 Å². The molecular weight excluding hydrogens is 446 g/mol. The van der Waals surface area contributed by atoms with Crippen LogP contribution in [0.25, 0.3) is 22.1 Å². The Hall–Kier alpha value is -2.40. The van der Waals surface area contributed by atoms with Crippen LogP contribution in [0.1, 0.15) is 31.6 Å². The number of hydrogen-bond donors (Lipinski definition) is 1. The van der Waals surface area contributed by atoms with E-state index in [-0.39, 0.29) is 17.5 Å². The Morgan fingerprint density at radius 3 is 2.78 bits per heavy atom. The minimum atomic E-state index is -3.78. The van der Waals surface area contributed by atoms with Crippen LogP contribution < -0.4 is 0 Å². The molecule has 5 rings (SSSR count). The highest BCUT2D eigenvalue weighted by atomic mass is 32.2. The Labute approximate surface area is 191 Å². The zero-order valence-corrected chi connectivity index (χ0v) is 19.4. The third-order valence-corrected chi connectivity index (χ3v) is 8.78. The van der Waals surface area contributed by atoms with Gasteiger partial charge in [0.25, 0.3) is 10.0 Å². The van der Waals surface area contributed by atoms with Gasteiger partial charge in [0.15, 0.2) is 5.65 Å². The average Bonchev–Trinajstić information content (AvgIpc) is 3.53. The fraction of sp³-hybridized carbons (Fsp3) is 0.364. The lowest BCUT2D eigenvalue weighted by Gasteiger charge is -2.18. The molecule has 0 radical (unpaired) electrons. The molecule has 1 saturated heterocycles. The molecule has 168 valence electrons. The number of rotatable bonds is 7. The van der Waals surface area contributed by atoms with E-state index in [4.69, 9.17) is 0 Å². The lowest BCUT2D eigenvalue weighted by molar-refractivity contribution is 0.262. The van der Waals surface area contributed by atoms with Gasteiger partial charge in [-0.2, -0.15) is 0 Å². The van der Waals surface area contributed by atoms with Gasteiger partial charge in [0.05, 0.1) is 22.7 Å². The number of benzene rings is 1. The van der Waals surface area contributed by atoms with Gasteiger partial charge >= 0.3 is 0 Å². The minimum absolute atomic E-state index is 0.159. The molecule has 1 atom stereocenters. The fourth-order valence-corrected chi connectivity index (χ4v) is 6.63. The molecule has 0 aliphatic carbocycles. The summed E-state index contributed by atoms with van der Waals surface area (Å²) in [5.74, 6) is 1.67. The zero-order chi connectivity index (χ0) is 22.3. The molecule has 10 heteroatoms. The van der Waals surface area contributed by atoms with Gasteiger partial charge in [-0.25, -0.2) is 26.7 Å². The van der Waals surface area contributed by atoms with Crippen molar-refractivity contribution in [2.45, 2.75) is 37.3 Å². The van der Waals surface area contributed by atoms with E-state index in [1.807, 2.05) is 11.9 Å². The second-order valence-corrected chi connectivity index (χ2v) is 10.9. The van der Waals surface area contributed by atoms with Crippen molar-refractivity contribution in [3.05, 3.63) is 54.6 Å². The summed E-state index contributed by atoms with van der Waals surface area (Å²) in [4.78, 5) is 9.26. The molecule has 8 nitrogen and oxygen atoms in total. The molecular formula is C22H25N5O3S2. The summed E-state index contributed by atoms with van der Waals surface area (Å²) in [5.41, 5.74) is 1.85. The van der Waals surface area contributed by atoms with E-state index < -0.39 is 10.0 Å². The summed E-state index contributed by atoms with van der Waals surface area (Å²) in [6, 6.07) is 10.3. The first-order chi connectivity index (χ1) is 15.5. The molecule has 1 aliphatic rings. The molecule has 32 heavy (non-hydrogen) atoms. The average molecular weight is 472 g/mol. The van der Waals surface area contributed by atoms with Crippen LogP contribution in [-0.4, -0.2) is 55.2 Å². The summed E-state index contributed by atoms with van der Waals surface area (Å²) in [6.45, 7) is 3.82. The highest BCUT2D eigenvalue weighted by Crippen LogP contribution is 2.35. The maximum atomic E-state index is 13.2. The third kappa shape index (κ3) is 3.51. The molecule has 1 N–H and O–H groups in total. The molecule has 0 saturated carbocycles.